The summed E-state index contributed by atoms with van der Waals surface area (Å²) in [5.41, 5.74) is 0.697. The molecule has 2 aromatic rings. The summed E-state index contributed by atoms with van der Waals surface area (Å²) in [6.45, 7) is 0.623. The van der Waals surface area contributed by atoms with Crippen LogP contribution in [0.1, 0.15) is 5.56 Å². The second-order valence-corrected chi connectivity index (χ2v) is 3.67. The van der Waals surface area contributed by atoms with Gasteiger partial charge >= 0.3 is 0 Å². The third-order valence-electron chi connectivity index (χ3n) is 1.93. The van der Waals surface area contributed by atoms with Gasteiger partial charge < -0.3 is 5.32 Å². The number of rotatable bonds is 4. The number of halogens is 1. The molecule has 0 bridgehead atoms. The van der Waals surface area contributed by atoms with Crippen molar-refractivity contribution < 1.29 is 4.39 Å². The van der Waals surface area contributed by atoms with E-state index in [2.05, 4.69) is 20.1 Å². The maximum Gasteiger partial charge on any atom is 0.225 e. The predicted octanol–water partition coefficient (Wildman–Crippen LogP) is 1.73. The summed E-state index contributed by atoms with van der Waals surface area (Å²) >= 11 is 1.19. The van der Waals surface area contributed by atoms with Gasteiger partial charge in [-0.25, -0.2) is 4.39 Å². The zero-order valence-corrected chi connectivity index (χ0v) is 8.67. The Kier molecular flexibility index (Phi) is 3.18. The number of nitrogens with zero attached hydrogens (tertiary/aromatic N) is 3. The van der Waals surface area contributed by atoms with E-state index in [-0.39, 0.29) is 5.82 Å². The molecule has 4 nitrogen and oxygen atoms in total. The van der Waals surface area contributed by atoms with Gasteiger partial charge in [0.1, 0.15) is 5.82 Å². The van der Waals surface area contributed by atoms with Gasteiger partial charge in [-0.3, -0.25) is 0 Å². The Labute approximate surface area is 90.3 Å². The van der Waals surface area contributed by atoms with Crippen LogP contribution in [-0.4, -0.2) is 21.3 Å². The first-order chi connectivity index (χ1) is 7.36. The Morgan fingerprint density at radius 1 is 1.33 bits per heavy atom. The van der Waals surface area contributed by atoms with Crippen LogP contribution in [0.25, 0.3) is 0 Å². The molecule has 0 fully saturated rings. The highest BCUT2D eigenvalue weighted by molar-refractivity contribution is 7.09. The molecule has 1 N–H and O–H groups in total. The van der Waals surface area contributed by atoms with E-state index in [0.29, 0.717) is 23.7 Å². The molecule has 1 aromatic carbocycles. The monoisotopic (exact) mass is 224 g/mol. The highest BCUT2D eigenvalue weighted by atomic mass is 32.1. The lowest BCUT2D eigenvalue weighted by Gasteiger charge is -2.02. The van der Waals surface area contributed by atoms with Crippen molar-refractivity contribution in [3.05, 3.63) is 35.6 Å². The summed E-state index contributed by atoms with van der Waals surface area (Å²) in [7, 11) is 0. The molecular formula is C9H9FN4S. The summed E-state index contributed by atoms with van der Waals surface area (Å²) in [6, 6.07) is 6.74. The molecule has 2 rings (SSSR count). The standard InChI is InChI=1S/C9H9FN4S/c10-8-4-2-1-3-7(8)5-6-11-9-12-13-14-15-9/h1-4H,5-6H2,(H,11,12,14). The molecule has 0 aliphatic carbocycles. The van der Waals surface area contributed by atoms with Crippen LogP contribution >= 0.6 is 11.5 Å². The molecule has 0 aliphatic rings. The minimum atomic E-state index is -0.172. The van der Waals surface area contributed by atoms with Crippen molar-refractivity contribution in [1.29, 1.82) is 0 Å². The second-order valence-electron chi connectivity index (χ2n) is 2.94. The van der Waals surface area contributed by atoms with E-state index in [1.807, 2.05) is 6.07 Å². The van der Waals surface area contributed by atoms with Crippen molar-refractivity contribution >= 4 is 16.7 Å². The zero-order valence-electron chi connectivity index (χ0n) is 7.85. The molecule has 0 amide bonds. The third-order valence-corrected chi connectivity index (χ3v) is 2.48. The average Bonchev–Trinajstić information content (AvgIpc) is 2.74. The Hall–Kier alpha value is -1.56. The largest absolute Gasteiger partial charge is 0.359 e. The number of hydrogen-bond donors (Lipinski definition) is 1. The smallest absolute Gasteiger partial charge is 0.225 e. The van der Waals surface area contributed by atoms with E-state index >= 15 is 0 Å². The van der Waals surface area contributed by atoms with E-state index in [4.69, 9.17) is 0 Å². The molecule has 1 aromatic heterocycles. The molecule has 0 atom stereocenters. The van der Waals surface area contributed by atoms with Crippen LogP contribution in [0.5, 0.6) is 0 Å². The van der Waals surface area contributed by atoms with E-state index < -0.39 is 0 Å². The van der Waals surface area contributed by atoms with Crippen molar-refractivity contribution in [2.75, 3.05) is 11.9 Å². The Balaban J connectivity index is 1.86. The first-order valence-corrected chi connectivity index (χ1v) is 5.26. The van der Waals surface area contributed by atoms with E-state index in [1.54, 1.807) is 12.1 Å². The lowest BCUT2D eigenvalue weighted by Crippen LogP contribution is -2.05. The molecule has 0 aliphatic heterocycles. The van der Waals surface area contributed by atoms with Crippen LogP contribution in [0.3, 0.4) is 0 Å². The van der Waals surface area contributed by atoms with Crippen LogP contribution in [0.2, 0.25) is 0 Å². The molecule has 15 heavy (non-hydrogen) atoms. The fourth-order valence-electron chi connectivity index (χ4n) is 1.21. The van der Waals surface area contributed by atoms with Crippen molar-refractivity contribution in [2.24, 2.45) is 0 Å². The number of benzene rings is 1. The van der Waals surface area contributed by atoms with E-state index in [0.717, 1.165) is 0 Å². The summed E-state index contributed by atoms with van der Waals surface area (Å²) in [5.74, 6) is -0.172. The molecule has 0 spiro atoms. The molecule has 0 radical (unpaired) electrons. The van der Waals surface area contributed by atoms with Gasteiger partial charge in [0.25, 0.3) is 0 Å². The molecule has 0 saturated heterocycles. The van der Waals surface area contributed by atoms with Crippen LogP contribution in [0, 0.1) is 5.82 Å². The normalized spacial score (nSPS) is 10.2. The average molecular weight is 224 g/mol. The summed E-state index contributed by atoms with van der Waals surface area (Å²) in [4.78, 5) is 0. The van der Waals surface area contributed by atoms with Crippen molar-refractivity contribution in [3.8, 4) is 0 Å². The van der Waals surface area contributed by atoms with Crippen LogP contribution in [0.4, 0.5) is 9.52 Å². The fourth-order valence-corrected chi connectivity index (χ4v) is 1.60. The molecule has 1 heterocycles. The van der Waals surface area contributed by atoms with Gasteiger partial charge in [0.05, 0.1) is 0 Å². The van der Waals surface area contributed by atoms with Crippen molar-refractivity contribution in [3.63, 3.8) is 0 Å². The minimum absolute atomic E-state index is 0.172. The van der Waals surface area contributed by atoms with Crippen molar-refractivity contribution in [1.82, 2.24) is 14.8 Å². The highest BCUT2D eigenvalue weighted by Crippen LogP contribution is 2.08. The summed E-state index contributed by atoms with van der Waals surface area (Å²) in [5, 5.41) is 10.8. The van der Waals surface area contributed by atoms with Gasteiger partial charge in [-0.2, -0.15) is 0 Å². The lowest BCUT2D eigenvalue weighted by molar-refractivity contribution is 0.610. The van der Waals surface area contributed by atoms with Gasteiger partial charge in [0, 0.05) is 18.1 Å². The van der Waals surface area contributed by atoms with Crippen LogP contribution in [0.15, 0.2) is 24.3 Å². The third kappa shape index (κ3) is 2.69. The maximum atomic E-state index is 13.2. The molecule has 0 unspecified atom stereocenters. The maximum absolute atomic E-state index is 13.2. The predicted molar refractivity (Wildman–Crippen MR) is 56.3 cm³/mol. The first kappa shape index (κ1) is 9.97. The fraction of sp³-hybridized carbons (Fsp3) is 0.222. The Morgan fingerprint density at radius 2 is 2.20 bits per heavy atom. The molecular weight excluding hydrogens is 215 g/mol. The number of nitrogens with one attached hydrogen (secondary N) is 1. The Bertz CT molecular complexity index is 418. The van der Waals surface area contributed by atoms with Crippen LogP contribution < -0.4 is 5.32 Å². The second kappa shape index (κ2) is 4.79. The van der Waals surface area contributed by atoms with Gasteiger partial charge in [0.2, 0.25) is 5.13 Å². The van der Waals surface area contributed by atoms with E-state index in [9.17, 15) is 4.39 Å². The first-order valence-electron chi connectivity index (χ1n) is 4.48. The van der Waals surface area contributed by atoms with Gasteiger partial charge in [-0.1, -0.05) is 27.8 Å². The molecule has 0 saturated carbocycles. The summed E-state index contributed by atoms with van der Waals surface area (Å²) in [6.07, 6.45) is 0.617. The van der Waals surface area contributed by atoms with E-state index in [1.165, 1.54) is 17.6 Å². The molecule has 6 heteroatoms. The minimum Gasteiger partial charge on any atom is -0.359 e. The topological polar surface area (TPSA) is 50.7 Å². The van der Waals surface area contributed by atoms with Crippen LogP contribution in [-0.2, 0) is 6.42 Å². The number of hydrogen-bond acceptors (Lipinski definition) is 5. The molecule has 78 valence electrons. The lowest BCUT2D eigenvalue weighted by atomic mass is 10.1. The SMILES string of the molecule is Fc1ccccc1CCNc1nnns1. The number of aromatic nitrogens is 3. The van der Waals surface area contributed by atoms with Gasteiger partial charge in [-0.15, -0.1) is 0 Å². The van der Waals surface area contributed by atoms with Gasteiger partial charge in [0.15, 0.2) is 0 Å². The Morgan fingerprint density at radius 3 is 2.93 bits per heavy atom. The zero-order chi connectivity index (χ0) is 10.5. The van der Waals surface area contributed by atoms with Gasteiger partial charge in [-0.05, 0) is 23.3 Å². The summed E-state index contributed by atoms with van der Waals surface area (Å²) < 4.78 is 16.8. The number of anilines is 1. The van der Waals surface area contributed by atoms with Crippen molar-refractivity contribution in [2.45, 2.75) is 6.42 Å². The highest BCUT2D eigenvalue weighted by Gasteiger charge is 2.01. The quantitative estimate of drug-likeness (QED) is 0.859.